The van der Waals surface area contributed by atoms with Gasteiger partial charge in [0, 0.05) is 32.2 Å². The number of nitrogens with one attached hydrogen (secondary N) is 2. The van der Waals surface area contributed by atoms with E-state index in [1.54, 1.807) is 7.11 Å². The van der Waals surface area contributed by atoms with E-state index in [2.05, 4.69) is 10.6 Å². The minimum absolute atomic E-state index is 0. The van der Waals surface area contributed by atoms with E-state index in [0.717, 1.165) is 51.9 Å². The average Bonchev–Trinajstić information content (AvgIpc) is 2.62. The molecule has 0 spiro atoms. The van der Waals surface area contributed by atoms with Crippen LogP contribution in [0.3, 0.4) is 0 Å². The summed E-state index contributed by atoms with van der Waals surface area (Å²) in [6.07, 6.45) is 5.46. The van der Waals surface area contributed by atoms with Crippen molar-refractivity contribution in [2.24, 2.45) is 5.41 Å². The number of halogens is 1. The first-order chi connectivity index (χ1) is 11.7. The molecule has 0 aliphatic carbocycles. The summed E-state index contributed by atoms with van der Waals surface area (Å²) in [6.45, 7) is 5.02. The molecule has 0 atom stereocenters. The topological polar surface area (TPSA) is 70.7 Å². The Balaban J connectivity index is 0.00000312. The van der Waals surface area contributed by atoms with Crippen molar-refractivity contribution in [2.45, 2.75) is 32.1 Å². The smallest absolute Gasteiger partial charge is 0.232 e. The van der Waals surface area contributed by atoms with Crippen LogP contribution in [-0.4, -0.2) is 74.7 Å². The number of hydrogen-bond donors (Lipinski definition) is 2. The summed E-state index contributed by atoms with van der Waals surface area (Å²) >= 11 is 1.42. The second kappa shape index (κ2) is 12.0. The highest BCUT2D eigenvalue weighted by Crippen LogP contribution is 2.28. The molecule has 2 heterocycles. The second-order valence-corrected chi connectivity index (χ2v) is 7.88. The summed E-state index contributed by atoms with van der Waals surface area (Å²) in [5.74, 6) is 0.934. The first kappa shape index (κ1) is 22.5. The van der Waals surface area contributed by atoms with Crippen molar-refractivity contribution in [3.05, 3.63) is 0 Å². The fourth-order valence-electron chi connectivity index (χ4n) is 3.44. The maximum Gasteiger partial charge on any atom is 0.232 e. The van der Waals surface area contributed by atoms with Crippen LogP contribution in [0.5, 0.6) is 0 Å². The average molecular weight is 394 g/mol. The number of rotatable bonds is 8. The van der Waals surface area contributed by atoms with Gasteiger partial charge < -0.3 is 20.3 Å². The molecule has 2 saturated heterocycles. The molecule has 2 fully saturated rings. The van der Waals surface area contributed by atoms with Gasteiger partial charge in [0.1, 0.15) is 0 Å². The van der Waals surface area contributed by atoms with Crippen molar-refractivity contribution in [1.82, 2.24) is 15.5 Å². The molecule has 2 rings (SSSR count). The SMILES string of the molecule is COCC1(CNC(=O)CSCC(=O)N2CCCCC2)CCNCC1.Cl. The molecule has 0 bridgehead atoms. The van der Waals surface area contributed by atoms with E-state index in [9.17, 15) is 9.59 Å². The highest BCUT2D eigenvalue weighted by molar-refractivity contribution is 8.00. The van der Waals surface area contributed by atoms with E-state index in [1.807, 2.05) is 4.90 Å². The highest BCUT2D eigenvalue weighted by Gasteiger charge is 2.32. The van der Waals surface area contributed by atoms with Gasteiger partial charge in [0.25, 0.3) is 0 Å². The Morgan fingerprint density at radius 2 is 1.84 bits per heavy atom. The zero-order chi connectivity index (χ0) is 17.3. The maximum absolute atomic E-state index is 12.1. The summed E-state index contributed by atoms with van der Waals surface area (Å²) in [5, 5.41) is 6.39. The highest BCUT2D eigenvalue weighted by atomic mass is 35.5. The van der Waals surface area contributed by atoms with Crippen LogP contribution < -0.4 is 10.6 Å². The Morgan fingerprint density at radius 1 is 1.16 bits per heavy atom. The van der Waals surface area contributed by atoms with Gasteiger partial charge in [-0.3, -0.25) is 9.59 Å². The van der Waals surface area contributed by atoms with Crippen LogP contribution >= 0.6 is 24.2 Å². The van der Waals surface area contributed by atoms with E-state index in [0.29, 0.717) is 24.7 Å². The first-order valence-corrected chi connectivity index (χ1v) is 10.1. The zero-order valence-electron chi connectivity index (χ0n) is 15.2. The Bertz CT molecular complexity index is 408. The minimum Gasteiger partial charge on any atom is -0.384 e. The number of ether oxygens (including phenoxy) is 1. The van der Waals surface area contributed by atoms with E-state index in [4.69, 9.17) is 4.74 Å². The molecule has 146 valence electrons. The maximum atomic E-state index is 12.1. The van der Waals surface area contributed by atoms with Crippen molar-refractivity contribution in [1.29, 1.82) is 0 Å². The summed E-state index contributed by atoms with van der Waals surface area (Å²) in [4.78, 5) is 26.1. The number of methoxy groups -OCH3 is 1. The van der Waals surface area contributed by atoms with Crippen LogP contribution in [0.2, 0.25) is 0 Å². The third-order valence-electron chi connectivity index (χ3n) is 4.94. The van der Waals surface area contributed by atoms with E-state index >= 15 is 0 Å². The lowest BCUT2D eigenvalue weighted by molar-refractivity contribution is -0.129. The molecule has 25 heavy (non-hydrogen) atoms. The predicted octanol–water partition coefficient (Wildman–Crippen LogP) is 1.29. The first-order valence-electron chi connectivity index (χ1n) is 8.97. The number of nitrogens with zero attached hydrogens (tertiary/aromatic N) is 1. The molecule has 2 amide bonds. The summed E-state index contributed by atoms with van der Waals surface area (Å²) in [5.41, 5.74) is 0.0456. The molecule has 2 aliphatic rings. The standard InChI is InChI=1S/C17H31N3O3S.ClH/c1-23-14-17(5-7-18-8-6-17)13-19-15(21)11-24-12-16(22)20-9-3-2-4-10-20;/h18H,2-14H2,1H3,(H,19,21);1H. The van der Waals surface area contributed by atoms with Gasteiger partial charge in [0.15, 0.2) is 0 Å². The molecule has 6 nitrogen and oxygen atoms in total. The van der Waals surface area contributed by atoms with Crippen molar-refractivity contribution in [3.8, 4) is 0 Å². The fraction of sp³-hybridized carbons (Fsp3) is 0.882. The number of amides is 2. The molecular formula is C17H32ClN3O3S. The number of carbonyl (C=O) groups excluding carboxylic acids is 2. The van der Waals surface area contributed by atoms with Crippen molar-refractivity contribution < 1.29 is 14.3 Å². The monoisotopic (exact) mass is 393 g/mol. The molecule has 0 aromatic heterocycles. The normalized spacial score (nSPS) is 19.8. The number of hydrogen-bond acceptors (Lipinski definition) is 5. The molecule has 0 unspecified atom stereocenters. The quantitative estimate of drug-likeness (QED) is 0.650. The number of piperidine rings is 2. The minimum atomic E-state index is 0. The lowest BCUT2D eigenvalue weighted by Crippen LogP contribution is -2.47. The van der Waals surface area contributed by atoms with Crippen molar-refractivity contribution in [3.63, 3.8) is 0 Å². The Hall–Kier alpha value is -0.500. The Kier molecular flexibility index (Phi) is 10.8. The third-order valence-corrected chi connectivity index (χ3v) is 5.86. The summed E-state index contributed by atoms with van der Waals surface area (Å²) in [6, 6.07) is 0. The molecule has 0 radical (unpaired) electrons. The van der Waals surface area contributed by atoms with Crippen LogP contribution in [0.4, 0.5) is 0 Å². The van der Waals surface area contributed by atoms with E-state index in [-0.39, 0.29) is 29.6 Å². The predicted molar refractivity (Wildman–Crippen MR) is 104 cm³/mol. The lowest BCUT2D eigenvalue weighted by Gasteiger charge is -2.37. The van der Waals surface area contributed by atoms with E-state index < -0.39 is 0 Å². The van der Waals surface area contributed by atoms with Gasteiger partial charge in [-0.2, -0.15) is 0 Å². The molecule has 2 N–H and O–H groups in total. The number of thioether (sulfide) groups is 1. The van der Waals surface area contributed by atoms with Gasteiger partial charge in [0.05, 0.1) is 18.1 Å². The molecule has 2 aliphatic heterocycles. The second-order valence-electron chi connectivity index (χ2n) is 6.89. The van der Waals surface area contributed by atoms with Gasteiger partial charge >= 0.3 is 0 Å². The van der Waals surface area contributed by atoms with Gasteiger partial charge in [-0.15, -0.1) is 24.2 Å². The van der Waals surface area contributed by atoms with Gasteiger partial charge in [-0.05, 0) is 45.2 Å². The Labute approximate surface area is 161 Å². The third kappa shape index (κ3) is 7.72. The van der Waals surface area contributed by atoms with Crippen LogP contribution in [0.15, 0.2) is 0 Å². The van der Waals surface area contributed by atoms with Crippen LogP contribution in [-0.2, 0) is 14.3 Å². The summed E-state index contributed by atoms with van der Waals surface area (Å²) < 4.78 is 5.36. The van der Waals surface area contributed by atoms with Crippen LogP contribution in [0.1, 0.15) is 32.1 Å². The van der Waals surface area contributed by atoms with Gasteiger partial charge in [-0.1, -0.05) is 0 Å². The Morgan fingerprint density at radius 3 is 2.48 bits per heavy atom. The van der Waals surface area contributed by atoms with Crippen molar-refractivity contribution in [2.75, 3.05) is 57.9 Å². The van der Waals surface area contributed by atoms with Gasteiger partial charge in [-0.25, -0.2) is 0 Å². The van der Waals surface area contributed by atoms with Crippen molar-refractivity contribution >= 4 is 36.0 Å². The lowest BCUT2D eigenvalue weighted by atomic mass is 9.79. The number of likely N-dealkylation sites (tertiary alicyclic amines) is 1. The van der Waals surface area contributed by atoms with E-state index in [1.165, 1.54) is 18.2 Å². The van der Waals surface area contributed by atoms with Crippen LogP contribution in [0.25, 0.3) is 0 Å². The zero-order valence-corrected chi connectivity index (χ0v) is 16.8. The number of carbonyl (C=O) groups is 2. The fourth-order valence-corrected chi connectivity index (χ4v) is 4.18. The largest absolute Gasteiger partial charge is 0.384 e. The molecular weight excluding hydrogens is 362 g/mol. The molecule has 0 saturated carbocycles. The molecule has 0 aromatic rings. The van der Waals surface area contributed by atoms with Crippen LogP contribution in [0, 0.1) is 5.41 Å². The molecule has 0 aromatic carbocycles. The molecule has 8 heteroatoms. The van der Waals surface area contributed by atoms with Gasteiger partial charge in [0.2, 0.25) is 11.8 Å². The summed E-state index contributed by atoms with van der Waals surface area (Å²) in [7, 11) is 1.72.